The molecule has 0 atom stereocenters. The van der Waals surface area contributed by atoms with Crippen molar-refractivity contribution in [2.24, 2.45) is 0 Å². The average Bonchev–Trinajstić information content (AvgIpc) is 2.46. The molecule has 0 bridgehead atoms. The third kappa shape index (κ3) is 2.91. The third-order valence-electron chi connectivity index (χ3n) is 2.59. The number of methoxy groups -OCH3 is 2. The molecule has 1 aromatic heterocycles. The Labute approximate surface area is 107 Å². The van der Waals surface area contributed by atoms with Crippen molar-refractivity contribution in [2.75, 3.05) is 19.5 Å². The zero-order valence-electron chi connectivity index (χ0n) is 10.5. The van der Waals surface area contributed by atoms with Crippen molar-refractivity contribution in [3.63, 3.8) is 0 Å². The number of nitrogens with one attached hydrogen (secondary N) is 1. The fourth-order valence-corrected chi connectivity index (χ4v) is 1.63. The Kier molecular flexibility index (Phi) is 4.02. The molecular formula is C14H16N2O2. The number of benzene rings is 1. The summed E-state index contributed by atoms with van der Waals surface area (Å²) >= 11 is 0. The zero-order valence-corrected chi connectivity index (χ0v) is 10.5. The first kappa shape index (κ1) is 12.2. The second kappa shape index (κ2) is 5.91. The van der Waals surface area contributed by atoms with Crippen molar-refractivity contribution in [2.45, 2.75) is 6.54 Å². The maximum absolute atomic E-state index is 5.31. The van der Waals surface area contributed by atoms with Crippen molar-refractivity contribution >= 4 is 5.69 Å². The number of hydrogen-bond acceptors (Lipinski definition) is 4. The highest BCUT2D eigenvalue weighted by molar-refractivity contribution is 5.59. The summed E-state index contributed by atoms with van der Waals surface area (Å²) in [6, 6.07) is 11.5. The number of ether oxygens (including phenoxy) is 2. The fourth-order valence-electron chi connectivity index (χ4n) is 1.63. The number of rotatable bonds is 5. The topological polar surface area (TPSA) is 43.4 Å². The van der Waals surface area contributed by atoms with Crippen molar-refractivity contribution in [3.8, 4) is 11.5 Å². The summed E-state index contributed by atoms with van der Waals surface area (Å²) in [5.41, 5.74) is 1.90. The van der Waals surface area contributed by atoms with E-state index in [4.69, 9.17) is 9.47 Å². The molecule has 2 aromatic rings. The highest BCUT2D eigenvalue weighted by Crippen LogP contribution is 2.29. The Morgan fingerprint density at radius 3 is 2.67 bits per heavy atom. The van der Waals surface area contributed by atoms with Crippen LogP contribution in [0.2, 0.25) is 0 Å². The molecule has 4 heteroatoms. The summed E-state index contributed by atoms with van der Waals surface area (Å²) in [5.74, 6) is 1.53. The molecule has 18 heavy (non-hydrogen) atoms. The van der Waals surface area contributed by atoms with E-state index >= 15 is 0 Å². The molecule has 0 saturated heterocycles. The van der Waals surface area contributed by atoms with Crippen molar-refractivity contribution in [1.29, 1.82) is 0 Å². The van der Waals surface area contributed by atoms with Gasteiger partial charge in [-0.1, -0.05) is 6.07 Å². The van der Waals surface area contributed by atoms with E-state index in [1.54, 1.807) is 20.4 Å². The fraction of sp³-hybridized carbons (Fsp3) is 0.214. The third-order valence-corrected chi connectivity index (χ3v) is 2.59. The van der Waals surface area contributed by atoms with Crippen molar-refractivity contribution in [3.05, 3.63) is 48.3 Å². The van der Waals surface area contributed by atoms with Gasteiger partial charge < -0.3 is 14.8 Å². The second-order valence-corrected chi connectivity index (χ2v) is 3.74. The second-order valence-electron chi connectivity index (χ2n) is 3.74. The van der Waals surface area contributed by atoms with Gasteiger partial charge in [0.05, 0.1) is 32.1 Å². The smallest absolute Gasteiger partial charge is 0.145 e. The van der Waals surface area contributed by atoms with Crippen LogP contribution in [0.4, 0.5) is 5.69 Å². The normalized spacial score (nSPS) is 9.89. The Bertz CT molecular complexity index is 500. The van der Waals surface area contributed by atoms with Gasteiger partial charge in [0.15, 0.2) is 0 Å². The molecule has 0 aliphatic rings. The van der Waals surface area contributed by atoms with Crippen LogP contribution in [0, 0.1) is 0 Å². The van der Waals surface area contributed by atoms with E-state index in [2.05, 4.69) is 10.3 Å². The summed E-state index contributed by atoms with van der Waals surface area (Å²) in [6.45, 7) is 0.656. The van der Waals surface area contributed by atoms with Gasteiger partial charge >= 0.3 is 0 Å². The molecule has 0 saturated carbocycles. The molecule has 1 aromatic carbocycles. The monoisotopic (exact) mass is 244 g/mol. The molecule has 2 rings (SSSR count). The van der Waals surface area contributed by atoms with Gasteiger partial charge in [0.1, 0.15) is 11.5 Å². The number of anilines is 1. The van der Waals surface area contributed by atoms with Gasteiger partial charge in [-0.25, -0.2) is 0 Å². The van der Waals surface area contributed by atoms with Gasteiger partial charge in [-0.2, -0.15) is 0 Å². The van der Waals surface area contributed by atoms with E-state index in [0.717, 1.165) is 22.9 Å². The summed E-state index contributed by atoms with van der Waals surface area (Å²) < 4.78 is 10.5. The molecule has 0 amide bonds. The maximum atomic E-state index is 5.31. The van der Waals surface area contributed by atoms with Crippen LogP contribution in [0.3, 0.4) is 0 Å². The average molecular weight is 244 g/mol. The Morgan fingerprint density at radius 2 is 2.00 bits per heavy atom. The number of hydrogen-bond donors (Lipinski definition) is 1. The van der Waals surface area contributed by atoms with E-state index in [0.29, 0.717) is 6.54 Å². The molecule has 0 fully saturated rings. The highest BCUT2D eigenvalue weighted by atomic mass is 16.5. The van der Waals surface area contributed by atoms with E-state index in [1.165, 1.54) is 0 Å². The van der Waals surface area contributed by atoms with Crippen LogP contribution in [0.25, 0.3) is 0 Å². The van der Waals surface area contributed by atoms with Crippen LogP contribution >= 0.6 is 0 Å². The summed E-state index contributed by atoms with van der Waals surface area (Å²) in [5, 5.41) is 3.29. The van der Waals surface area contributed by atoms with E-state index < -0.39 is 0 Å². The molecule has 0 aliphatic carbocycles. The van der Waals surface area contributed by atoms with Gasteiger partial charge in [0, 0.05) is 12.3 Å². The Hall–Kier alpha value is -2.23. The molecule has 0 spiro atoms. The molecule has 1 heterocycles. The van der Waals surface area contributed by atoms with Crippen LogP contribution in [-0.2, 0) is 6.54 Å². The first-order chi connectivity index (χ1) is 8.83. The number of nitrogens with zero attached hydrogens (tertiary/aromatic N) is 1. The highest BCUT2D eigenvalue weighted by Gasteiger charge is 2.04. The van der Waals surface area contributed by atoms with Crippen molar-refractivity contribution < 1.29 is 9.47 Å². The first-order valence-corrected chi connectivity index (χ1v) is 5.69. The van der Waals surface area contributed by atoms with Crippen molar-refractivity contribution in [1.82, 2.24) is 4.98 Å². The summed E-state index contributed by atoms with van der Waals surface area (Å²) in [6.07, 6.45) is 1.78. The molecular weight excluding hydrogens is 228 g/mol. The largest absolute Gasteiger partial charge is 0.497 e. The predicted octanol–water partition coefficient (Wildman–Crippen LogP) is 2.71. The van der Waals surface area contributed by atoms with Crippen LogP contribution < -0.4 is 14.8 Å². The zero-order chi connectivity index (χ0) is 12.8. The first-order valence-electron chi connectivity index (χ1n) is 5.69. The minimum atomic E-state index is 0.656. The van der Waals surface area contributed by atoms with E-state index in [-0.39, 0.29) is 0 Å². The van der Waals surface area contributed by atoms with Crippen LogP contribution in [0.5, 0.6) is 11.5 Å². The lowest BCUT2D eigenvalue weighted by atomic mass is 10.2. The lowest BCUT2D eigenvalue weighted by molar-refractivity contribution is 0.395. The van der Waals surface area contributed by atoms with E-state index in [1.807, 2.05) is 36.4 Å². The summed E-state index contributed by atoms with van der Waals surface area (Å²) in [7, 11) is 3.27. The minimum absolute atomic E-state index is 0.656. The van der Waals surface area contributed by atoms with Gasteiger partial charge in [-0.3, -0.25) is 4.98 Å². The molecule has 94 valence electrons. The lowest BCUT2D eigenvalue weighted by Gasteiger charge is -2.12. The molecule has 0 aliphatic heterocycles. The predicted molar refractivity (Wildman–Crippen MR) is 71.1 cm³/mol. The molecule has 0 unspecified atom stereocenters. The lowest BCUT2D eigenvalue weighted by Crippen LogP contribution is -2.02. The molecule has 0 radical (unpaired) electrons. The Morgan fingerprint density at radius 1 is 1.11 bits per heavy atom. The number of aromatic nitrogens is 1. The molecule has 4 nitrogen and oxygen atoms in total. The quantitative estimate of drug-likeness (QED) is 0.878. The van der Waals surface area contributed by atoms with Gasteiger partial charge in [-0.05, 0) is 24.3 Å². The Balaban J connectivity index is 2.09. The van der Waals surface area contributed by atoms with E-state index in [9.17, 15) is 0 Å². The van der Waals surface area contributed by atoms with Gasteiger partial charge in [0.2, 0.25) is 0 Å². The van der Waals surface area contributed by atoms with Gasteiger partial charge in [0.25, 0.3) is 0 Å². The number of pyridine rings is 1. The summed E-state index contributed by atoms with van der Waals surface area (Å²) in [4.78, 5) is 4.26. The van der Waals surface area contributed by atoms with Crippen LogP contribution in [0.15, 0.2) is 42.6 Å². The molecule has 1 N–H and O–H groups in total. The minimum Gasteiger partial charge on any atom is -0.497 e. The standard InChI is InChI=1S/C14H16N2O2/c1-17-12-6-7-13(14(9-12)18-2)16-10-11-5-3-4-8-15-11/h3-9,16H,10H2,1-2H3. The van der Waals surface area contributed by atoms with Crippen LogP contribution in [-0.4, -0.2) is 19.2 Å². The van der Waals surface area contributed by atoms with Crippen LogP contribution in [0.1, 0.15) is 5.69 Å². The maximum Gasteiger partial charge on any atom is 0.145 e. The van der Waals surface area contributed by atoms with Gasteiger partial charge in [-0.15, -0.1) is 0 Å². The SMILES string of the molecule is COc1ccc(NCc2ccccn2)c(OC)c1.